The molecule has 0 aromatic carbocycles. The van der Waals surface area contributed by atoms with E-state index in [0.717, 1.165) is 43.4 Å². The molecule has 3 rings (SSSR count). The van der Waals surface area contributed by atoms with Crippen LogP contribution in [-0.2, 0) is 0 Å². The van der Waals surface area contributed by atoms with Gasteiger partial charge in [0.25, 0.3) is 0 Å². The maximum Gasteiger partial charge on any atom is 0.229 e. The number of anilines is 1. The summed E-state index contributed by atoms with van der Waals surface area (Å²) >= 11 is 0. The van der Waals surface area contributed by atoms with Gasteiger partial charge in [-0.1, -0.05) is 19.0 Å². The molecule has 2 aromatic rings. The van der Waals surface area contributed by atoms with E-state index in [9.17, 15) is 0 Å². The molecule has 1 aliphatic rings. The summed E-state index contributed by atoms with van der Waals surface area (Å²) in [6.45, 7) is 7.94. The lowest BCUT2D eigenvalue weighted by Crippen LogP contribution is -2.36. The van der Waals surface area contributed by atoms with Crippen molar-refractivity contribution in [3.63, 3.8) is 0 Å². The number of nitrogens with zero attached hydrogens (tertiary/aromatic N) is 5. The van der Waals surface area contributed by atoms with E-state index in [1.807, 2.05) is 19.2 Å². The highest BCUT2D eigenvalue weighted by Gasteiger charge is 2.27. The van der Waals surface area contributed by atoms with Crippen LogP contribution < -0.4 is 4.90 Å². The van der Waals surface area contributed by atoms with Crippen LogP contribution in [0.4, 0.5) is 5.95 Å². The third-order valence-electron chi connectivity index (χ3n) is 3.80. The largest absolute Gasteiger partial charge is 0.340 e. The van der Waals surface area contributed by atoms with E-state index in [-0.39, 0.29) is 5.92 Å². The first-order chi connectivity index (χ1) is 10.1. The number of hydrogen-bond acceptors (Lipinski definition) is 6. The van der Waals surface area contributed by atoms with Gasteiger partial charge in [0, 0.05) is 36.8 Å². The first-order valence-electron chi connectivity index (χ1n) is 7.51. The van der Waals surface area contributed by atoms with E-state index in [2.05, 4.69) is 38.9 Å². The van der Waals surface area contributed by atoms with Crippen molar-refractivity contribution in [2.75, 3.05) is 18.0 Å². The Hall–Kier alpha value is -1.98. The summed E-state index contributed by atoms with van der Waals surface area (Å²) in [4.78, 5) is 15.6. The molecule has 112 valence electrons. The van der Waals surface area contributed by atoms with Gasteiger partial charge in [-0.2, -0.15) is 4.98 Å². The highest BCUT2D eigenvalue weighted by atomic mass is 16.5. The second-order valence-electron chi connectivity index (χ2n) is 5.93. The summed E-state index contributed by atoms with van der Waals surface area (Å²) in [5, 5.41) is 4.15. The van der Waals surface area contributed by atoms with Crippen LogP contribution in [0.3, 0.4) is 0 Å². The van der Waals surface area contributed by atoms with Crippen molar-refractivity contribution in [1.29, 1.82) is 0 Å². The van der Waals surface area contributed by atoms with Gasteiger partial charge in [0.15, 0.2) is 5.82 Å². The minimum absolute atomic E-state index is 0.269. The van der Waals surface area contributed by atoms with Crippen LogP contribution in [0.2, 0.25) is 0 Å². The molecule has 0 N–H and O–H groups in total. The first-order valence-corrected chi connectivity index (χ1v) is 7.51. The molecule has 3 heterocycles. The van der Waals surface area contributed by atoms with Crippen molar-refractivity contribution in [3.05, 3.63) is 29.7 Å². The Bertz CT molecular complexity index is 610. The van der Waals surface area contributed by atoms with Gasteiger partial charge >= 0.3 is 0 Å². The van der Waals surface area contributed by atoms with Crippen LogP contribution in [0.25, 0.3) is 0 Å². The van der Waals surface area contributed by atoms with Crippen molar-refractivity contribution in [2.24, 2.45) is 0 Å². The number of piperidine rings is 1. The Labute approximate surface area is 124 Å². The number of aromatic nitrogens is 4. The summed E-state index contributed by atoms with van der Waals surface area (Å²) in [5.41, 5.74) is 0.990. The van der Waals surface area contributed by atoms with Crippen LogP contribution in [0.15, 0.2) is 16.8 Å². The van der Waals surface area contributed by atoms with Crippen molar-refractivity contribution in [3.8, 4) is 0 Å². The monoisotopic (exact) mass is 287 g/mol. The van der Waals surface area contributed by atoms with Gasteiger partial charge in [-0.05, 0) is 25.8 Å². The fourth-order valence-electron chi connectivity index (χ4n) is 2.61. The highest BCUT2D eigenvalue weighted by Crippen LogP contribution is 2.27. The van der Waals surface area contributed by atoms with Crippen LogP contribution >= 0.6 is 0 Å². The molecule has 0 bridgehead atoms. The minimum Gasteiger partial charge on any atom is -0.340 e. The van der Waals surface area contributed by atoms with Gasteiger partial charge in [-0.25, -0.2) is 9.97 Å². The van der Waals surface area contributed by atoms with Gasteiger partial charge in [-0.15, -0.1) is 0 Å². The number of aryl methyl sites for hydroxylation is 1. The molecular weight excluding hydrogens is 266 g/mol. The molecule has 0 unspecified atom stereocenters. The normalized spacial score (nSPS) is 19.2. The standard InChI is InChI=1S/C15H21N5O/c1-10(2)14-18-13(19-21-14)12-5-4-8-20(9-12)15-16-7-6-11(3)17-15/h6-7,10,12H,4-5,8-9H2,1-3H3/t12-/m1/s1. The van der Waals surface area contributed by atoms with Crippen LogP contribution in [0.1, 0.15) is 55.9 Å². The predicted molar refractivity (Wildman–Crippen MR) is 79.3 cm³/mol. The van der Waals surface area contributed by atoms with Gasteiger partial charge < -0.3 is 9.42 Å². The highest BCUT2D eigenvalue weighted by molar-refractivity contribution is 5.32. The van der Waals surface area contributed by atoms with Crippen molar-refractivity contribution < 1.29 is 4.52 Å². The molecule has 0 aliphatic carbocycles. The van der Waals surface area contributed by atoms with Crippen molar-refractivity contribution in [2.45, 2.75) is 45.4 Å². The van der Waals surface area contributed by atoms with E-state index >= 15 is 0 Å². The summed E-state index contributed by atoms with van der Waals surface area (Å²) in [6, 6.07) is 1.92. The third kappa shape index (κ3) is 3.04. The molecule has 6 nitrogen and oxygen atoms in total. The quantitative estimate of drug-likeness (QED) is 0.864. The Morgan fingerprint density at radius 2 is 2.19 bits per heavy atom. The molecule has 1 saturated heterocycles. The zero-order valence-electron chi connectivity index (χ0n) is 12.8. The maximum atomic E-state index is 5.33. The molecule has 1 fully saturated rings. The van der Waals surface area contributed by atoms with Crippen LogP contribution in [-0.4, -0.2) is 33.2 Å². The van der Waals surface area contributed by atoms with E-state index in [4.69, 9.17) is 4.52 Å². The van der Waals surface area contributed by atoms with Crippen molar-refractivity contribution in [1.82, 2.24) is 20.1 Å². The Morgan fingerprint density at radius 3 is 2.90 bits per heavy atom. The SMILES string of the molecule is Cc1ccnc(N2CCC[C@@H](c3noc(C(C)C)n3)C2)n1. The molecule has 6 heteroatoms. The molecule has 2 aromatic heterocycles. The predicted octanol–water partition coefficient (Wildman–Crippen LogP) is 2.68. The topological polar surface area (TPSA) is 67.9 Å². The third-order valence-corrected chi connectivity index (χ3v) is 3.80. The zero-order chi connectivity index (χ0) is 14.8. The molecule has 0 saturated carbocycles. The van der Waals surface area contributed by atoms with Gasteiger partial charge in [0.2, 0.25) is 11.8 Å². The van der Waals surface area contributed by atoms with Gasteiger partial charge in [-0.3, -0.25) is 0 Å². The Morgan fingerprint density at radius 1 is 1.33 bits per heavy atom. The lowest BCUT2D eigenvalue weighted by molar-refractivity contribution is 0.354. The van der Waals surface area contributed by atoms with E-state index < -0.39 is 0 Å². The van der Waals surface area contributed by atoms with Gasteiger partial charge in [0.05, 0.1) is 0 Å². The minimum atomic E-state index is 0.269. The van der Waals surface area contributed by atoms with Crippen LogP contribution in [0.5, 0.6) is 0 Å². The lowest BCUT2D eigenvalue weighted by Gasteiger charge is -2.31. The Balaban J connectivity index is 1.76. The average molecular weight is 287 g/mol. The fourth-order valence-corrected chi connectivity index (χ4v) is 2.61. The molecule has 0 amide bonds. The molecule has 0 spiro atoms. The summed E-state index contributed by atoms with van der Waals surface area (Å²) in [7, 11) is 0. The lowest BCUT2D eigenvalue weighted by atomic mass is 9.97. The van der Waals surface area contributed by atoms with Gasteiger partial charge in [0.1, 0.15) is 0 Å². The zero-order valence-corrected chi connectivity index (χ0v) is 12.8. The summed E-state index contributed by atoms with van der Waals surface area (Å²) in [5.74, 6) is 2.89. The Kier molecular flexibility index (Phi) is 3.86. The molecule has 1 aliphatic heterocycles. The second kappa shape index (κ2) is 5.79. The van der Waals surface area contributed by atoms with Crippen LogP contribution in [0, 0.1) is 6.92 Å². The second-order valence-corrected chi connectivity index (χ2v) is 5.93. The molecule has 1 atom stereocenters. The van der Waals surface area contributed by atoms with E-state index in [1.165, 1.54) is 0 Å². The van der Waals surface area contributed by atoms with Crippen molar-refractivity contribution >= 4 is 5.95 Å². The average Bonchev–Trinajstić information content (AvgIpc) is 2.97. The number of hydrogen-bond donors (Lipinski definition) is 0. The summed E-state index contributed by atoms with van der Waals surface area (Å²) in [6.07, 6.45) is 3.99. The molecule has 0 radical (unpaired) electrons. The maximum absolute atomic E-state index is 5.33. The van der Waals surface area contributed by atoms with E-state index in [1.54, 1.807) is 0 Å². The smallest absolute Gasteiger partial charge is 0.229 e. The van der Waals surface area contributed by atoms with E-state index in [0.29, 0.717) is 11.8 Å². The molecular formula is C15H21N5O. The molecule has 21 heavy (non-hydrogen) atoms. The summed E-state index contributed by atoms with van der Waals surface area (Å²) < 4.78 is 5.33. The number of rotatable bonds is 3. The fraction of sp³-hybridized carbons (Fsp3) is 0.600. The first kappa shape index (κ1) is 14.0.